The van der Waals surface area contributed by atoms with Crippen LogP contribution in [0.1, 0.15) is 329 Å². The smallest absolute Gasteiger partial charge is 0.305 e. The number of hydrogen-bond acceptors (Lipinski definition) is 5. The predicted octanol–water partition coefficient (Wildman–Crippen LogP) is 19.8. The Morgan fingerprint density at radius 2 is 0.547 bits per heavy atom. The average Bonchev–Trinajstić information content (AvgIpc) is 3.30. The zero-order valence-electron chi connectivity index (χ0n) is 43.8. The van der Waals surface area contributed by atoms with Crippen LogP contribution < -0.4 is 0 Å². The highest BCUT2D eigenvalue weighted by molar-refractivity contribution is 5.69. The van der Waals surface area contributed by atoms with Crippen LogP contribution in [0.2, 0.25) is 0 Å². The fraction of sp³-hybridized carbons (Fsp3) is 0.932. The lowest BCUT2D eigenvalue weighted by Crippen LogP contribution is -2.29. The van der Waals surface area contributed by atoms with Crippen LogP contribution in [0.5, 0.6) is 0 Å². The third-order valence-corrected chi connectivity index (χ3v) is 13.3. The van der Waals surface area contributed by atoms with Crippen molar-refractivity contribution in [3.05, 3.63) is 12.2 Å². The van der Waals surface area contributed by atoms with Crippen LogP contribution in [0.25, 0.3) is 0 Å². The molecule has 64 heavy (non-hydrogen) atoms. The summed E-state index contributed by atoms with van der Waals surface area (Å²) in [7, 11) is 0. The normalized spacial score (nSPS) is 12.1. The molecule has 0 bridgehead atoms. The molecule has 0 saturated carbocycles. The average molecular weight is 904 g/mol. The van der Waals surface area contributed by atoms with E-state index in [0.29, 0.717) is 19.4 Å². The van der Waals surface area contributed by atoms with Gasteiger partial charge in [0.05, 0.1) is 0 Å². The van der Waals surface area contributed by atoms with E-state index in [1.807, 2.05) is 0 Å². The molecule has 0 aromatic carbocycles. The molecule has 5 heteroatoms. The number of carbonyl (C=O) groups is 2. The van der Waals surface area contributed by atoms with Gasteiger partial charge in [-0.2, -0.15) is 0 Å². The van der Waals surface area contributed by atoms with Gasteiger partial charge in [-0.1, -0.05) is 283 Å². The van der Waals surface area contributed by atoms with E-state index in [2.05, 4.69) is 32.9 Å². The number of esters is 2. The Morgan fingerprint density at radius 3 is 0.828 bits per heavy atom. The summed E-state index contributed by atoms with van der Waals surface area (Å²) < 4.78 is 17.5. The molecule has 0 radical (unpaired) electrons. The summed E-state index contributed by atoms with van der Waals surface area (Å²) in [6.07, 6.45) is 65.4. The van der Waals surface area contributed by atoms with Gasteiger partial charge < -0.3 is 14.2 Å². The van der Waals surface area contributed by atoms with Crippen molar-refractivity contribution in [1.29, 1.82) is 0 Å². The third kappa shape index (κ3) is 53.3. The van der Waals surface area contributed by atoms with Crippen LogP contribution in [-0.4, -0.2) is 37.9 Å². The molecule has 1 atom stereocenters. The molecule has 0 saturated heterocycles. The molecular formula is C59H114O5. The minimum absolute atomic E-state index is 0.156. The topological polar surface area (TPSA) is 61.8 Å². The highest BCUT2D eigenvalue weighted by atomic mass is 16.6. The monoisotopic (exact) mass is 903 g/mol. The van der Waals surface area contributed by atoms with Crippen molar-refractivity contribution in [2.24, 2.45) is 0 Å². The molecule has 0 aliphatic carbocycles. The Morgan fingerprint density at radius 1 is 0.312 bits per heavy atom. The van der Waals surface area contributed by atoms with Gasteiger partial charge in [-0.25, -0.2) is 0 Å². The first-order valence-corrected chi connectivity index (χ1v) is 29.2. The Hall–Kier alpha value is -1.36. The minimum atomic E-state index is -0.391. The van der Waals surface area contributed by atoms with Crippen LogP contribution in [0.15, 0.2) is 12.2 Å². The minimum Gasteiger partial charge on any atom is -0.463 e. The highest BCUT2D eigenvalue weighted by Crippen LogP contribution is 2.17. The van der Waals surface area contributed by atoms with Gasteiger partial charge in [-0.05, 0) is 44.9 Å². The van der Waals surface area contributed by atoms with Crippen LogP contribution in [0, 0.1) is 0 Å². The quantitative estimate of drug-likeness (QED) is 0.0346. The second-order valence-electron chi connectivity index (χ2n) is 19.9. The van der Waals surface area contributed by atoms with Crippen LogP contribution in [0.4, 0.5) is 0 Å². The summed E-state index contributed by atoms with van der Waals surface area (Å²) in [5.41, 5.74) is 0. The van der Waals surface area contributed by atoms with Crippen LogP contribution >= 0.6 is 0 Å². The van der Waals surface area contributed by atoms with E-state index in [4.69, 9.17) is 14.2 Å². The van der Waals surface area contributed by atoms with Gasteiger partial charge >= 0.3 is 11.9 Å². The maximum absolute atomic E-state index is 12.7. The van der Waals surface area contributed by atoms with Gasteiger partial charge in [0.1, 0.15) is 19.3 Å². The third-order valence-electron chi connectivity index (χ3n) is 13.3. The van der Waals surface area contributed by atoms with Gasteiger partial charge in [0.2, 0.25) is 0 Å². The summed E-state index contributed by atoms with van der Waals surface area (Å²) in [4.78, 5) is 25.3. The summed E-state index contributed by atoms with van der Waals surface area (Å²) in [6, 6.07) is 0. The molecule has 0 unspecified atom stereocenters. The number of allylic oxidation sites excluding steroid dienone is 2. The second-order valence-corrected chi connectivity index (χ2v) is 19.9. The zero-order chi connectivity index (χ0) is 46.3. The maximum Gasteiger partial charge on any atom is 0.305 e. The lowest BCUT2D eigenvalue weighted by Gasteiger charge is -2.18. The molecule has 0 N–H and O–H groups in total. The molecule has 0 amide bonds. The molecule has 0 aromatic heterocycles. The predicted molar refractivity (Wildman–Crippen MR) is 279 cm³/mol. The summed E-state index contributed by atoms with van der Waals surface area (Å²) in [5, 5.41) is 0. The van der Waals surface area contributed by atoms with Gasteiger partial charge in [0.25, 0.3) is 0 Å². The second kappa shape index (κ2) is 56.0. The lowest BCUT2D eigenvalue weighted by atomic mass is 10.0. The molecule has 5 nitrogen and oxygen atoms in total. The SMILES string of the molecule is CCCCCCCC/C=C\CCCCCCCCCCCCCC(=O)OC[C@H](COC(=O)CCCCCCCCCCCCC)OCCCCCCCCCCCCCCCCCC. The highest BCUT2D eigenvalue weighted by Gasteiger charge is 2.16. The van der Waals surface area contributed by atoms with Gasteiger partial charge in [0.15, 0.2) is 0 Å². The molecule has 0 aromatic rings. The van der Waals surface area contributed by atoms with Crippen molar-refractivity contribution < 1.29 is 23.8 Å². The summed E-state index contributed by atoms with van der Waals surface area (Å²) >= 11 is 0. The first kappa shape index (κ1) is 62.6. The Bertz CT molecular complexity index is 932. The number of ether oxygens (including phenoxy) is 3. The van der Waals surface area contributed by atoms with Crippen molar-refractivity contribution in [3.8, 4) is 0 Å². The maximum atomic E-state index is 12.7. The Kier molecular flexibility index (Phi) is 54.8. The van der Waals surface area contributed by atoms with E-state index in [-0.39, 0.29) is 25.2 Å². The summed E-state index contributed by atoms with van der Waals surface area (Å²) in [6.45, 7) is 7.80. The Labute approximate surface area is 401 Å². The van der Waals surface area contributed by atoms with E-state index >= 15 is 0 Å². The first-order chi connectivity index (χ1) is 31.6. The van der Waals surface area contributed by atoms with Gasteiger partial charge in [-0.3, -0.25) is 9.59 Å². The van der Waals surface area contributed by atoms with Crippen molar-refractivity contribution in [1.82, 2.24) is 0 Å². The molecule has 0 rings (SSSR count). The number of hydrogen-bond donors (Lipinski definition) is 0. The molecule has 380 valence electrons. The zero-order valence-corrected chi connectivity index (χ0v) is 43.8. The Balaban J connectivity index is 4.13. The van der Waals surface area contributed by atoms with E-state index in [1.165, 1.54) is 257 Å². The van der Waals surface area contributed by atoms with Crippen LogP contribution in [0.3, 0.4) is 0 Å². The molecule has 0 aliphatic rings. The summed E-state index contributed by atoms with van der Waals surface area (Å²) in [5.74, 6) is -0.313. The number of rotatable bonds is 55. The van der Waals surface area contributed by atoms with Crippen molar-refractivity contribution in [2.45, 2.75) is 335 Å². The molecule has 0 spiro atoms. The van der Waals surface area contributed by atoms with Crippen molar-refractivity contribution >= 4 is 11.9 Å². The standard InChI is InChI=1S/C59H114O5/c1-4-7-10-13-16-19-22-24-26-28-29-30-31-32-33-35-38-41-44-47-50-53-59(61)64-56-57(55-63-58(60)52-49-46-43-40-37-21-18-15-12-9-6-3)62-54-51-48-45-42-39-36-34-27-25-23-20-17-14-11-8-5-2/h24,26,57H,4-23,25,27-56H2,1-3H3/b26-24-/t57-/m0/s1. The van der Waals surface area contributed by atoms with E-state index < -0.39 is 6.10 Å². The van der Waals surface area contributed by atoms with Gasteiger partial charge in [0, 0.05) is 19.4 Å². The fourth-order valence-electron chi connectivity index (χ4n) is 8.89. The van der Waals surface area contributed by atoms with Crippen LogP contribution in [-0.2, 0) is 23.8 Å². The van der Waals surface area contributed by atoms with Gasteiger partial charge in [-0.15, -0.1) is 0 Å². The van der Waals surface area contributed by atoms with Crippen molar-refractivity contribution in [3.63, 3.8) is 0 Å². The molecular weight excluding hydrogens is 789 g/mol. The van der Waals surface area contributed by atoms with E-state index in [0.717, 1.165) is 38.5 Å². The van der Waals surface area contributed by atoms with E-state index in [9.17, 15) is 9.59 Å². The van der Waals surface area contributed by atoms with Crippen molar-refractivity contribution in [2.75, 3.05) is 19.8 Å². The fourth-order valence-corrected chi connectivity index (χ4v) is 8.89. The molecule has 0 fully saturated rings. The molecule has 0 heterocycles. The first-order valence-electron chi connectivity index (χ1n) is 29.2. The number of carbonyl (C=O) groups excluding carboxylic acids is 2. The number of unbranched alkanes of at least 4 members (excludes halogenated alkanes) is 42. The molecule has 0 aliphatic heterocycles. The lowest BCUT2D eigenvalue weighted by molar-refractivity contribution is -0.155. The largest absolute Gasteiger partial charge is 0.463 e. The van der Waals surface area contributed by atoms with E-state index in [1.54, 1.807) is 0 Å².